The number of aromatic nitrogens is 2. The van der Waals surface area contributed by atoms with E-state index in [1.165, 1.54) is 5.56 Å². The lowest BCUT2D eigenvalue weighted by Crippen LogP contribution is -2.48. The maximum absolute atomic E-state index is 12.6. The van der Waals surface area contributed by atoms with Crippen LogP contribution in [0.5, 0.6) is 0 Å². The molecule has 1 N–H and O–H groups in total. The van der Waals surface area contributed by atoms with Crippen LogP contribution in [0.25, 0.3) is 0 Å². The highest BCUT2D eigenvalue weighted by Gasteiger charge is 2.22. The summed E-state index contributed by atoms with van der Waals surface area (Å²) in [6.07, 6.45) is 2.40. The van der Waals surface area contributed by atoms with Crippen molar-refractivity contribution in [1.82, 2.24) is 19.8 Å². The molecular formula is C18H21N5O2. The number of hydrogen-bond acceptors (Lipinski definition) is 5. The Labute approximate surface area is 146 Å². The summed E-state index contributed by atoms with van der Waals surface area (Å²) < 4.78 is 0. The molecule has 1 aliphatic heterocycles. The van der Waals surface area contributed by atoms with E-state index in [4.69, 9.17) is 0 Å². The zero-order valence-corrected chi connectivity index (χ0v) is 14.4. The van der Waals surface area contributed by atoms with Crippen molar-refractivity contribution in [2.75, 3.05) is 31.5 Å². The summed E-state index contributed by atoms with van der Waals surface area (Å²) in [5.74, 6) is 0.253. The Morgan fingerprint density at radius 1 is 1.16 bits per heavy atom. The van der Waals surface area contributed by atoms with E-state index in [9.17, 15) is 9.59 Å². The summed E-state index contributed by atoms with van der Waals surface area (Å²) in [7, 11) is 0. The second-order valence-corrected chi connectivity index (χ2v) is 6.07. The Bertz CT molecular complexity index is 785. The number of nitrogens with zero attached hydrogens (tertiary/aromatic N) is 4. The van der Waals surface area contributed by atoms with Gasteiger partial charge in [-0.15, -0.1) is 0 Å². The fourth-order valence-corrected chi connectivity index (χ4v) is 2.74. The lowest BCUT2D eigenvalue weighted by molar-refractivity contribution is -0.119. The lowest BCUT2D eigenvalue weighted by atomic mass is 10.1. The van der Waals surface area contributed by atoms with Crippen LogP contribution in [-0.4, -0.2) is 58.3 Å². The summed E-state index contributed by atoms with van der Waals surface area (Å²) in [6.45, 7) is 6.20. The maximum Gasteiger partial charge on any atom is 0.272 e. The fraction of sp³-hybridized carbons (Fsp3) is 0.333. The molecule has 1 saturated heterocycles. The second-order valence-electron chi connectivity index (χ2n) is 6.07. The van der Waals surface area contributed by atoms with Gasteiger partial charge in [0.2, 0.25) is 12.4 Å². The van der Waals surface area contributed by atoms with Crippen LogP contribution < -0.4 is 5.32 Å². The quantitative estimate of drug-likeness (QED) is 0.859. The average Bonchev–Trinajstić information content (AvgIpc) is 2.65. The SMILES string of the molecule is Cc1cccc(Nc2nccc(C(=O)N3CCN(C=O)CC3)n2)c1C. The van der Waals surface area contributed by atoms with Crippen LogP contribution >= 0.6 is 0 Å². The highest BCUT2D eigenvalue weighted by atomic mass is 16.2. The van der Waals surface area contributed by atoms with Gasteiger partial charge in [0.05, 0.1) is 0 Å². The number of rotatable bonds is 4. The molecule has 1 aliphatic rings. The molecular weight excluding hydrogens is 318 g/mol. The van der Waals surface area contributed by atoms with Crippen molar-refractivity contribution in [1.29, 1.82) is 0 Å². The van der Waals surface area contributed by atoms with E-state index >= 15 is 0 Å². The molecule has 3 rings (SSSR count). The monoisotopic (exact) mass is 339 g/mol. The molecule has 1 aromatic heterocycles. The van der Waals surface area contributed by atoms with Crippen LogP contribution in [0, 0.1) is 13.8 Å². The largest absolute Gasteiger partial charge is 0.342 e. The van der Waals surface area contributed by atoms with Crippen LogP contribution in [-0.2, 0) is 4.79 Å². The predicted octanol–water partition coefficient (Wildman–Crippen LogP) is 1.75. The molecule has 2 amide bonds. The molecule has 7 heteroatoms. The van der Waals surface area contributed by atoms with E-state index in [0.29, 0.717) is 37.8 Å². The standard InChI is InChI=1S/C18H21N5O2/c1-13-4-3-5-15(14(13)2)20-18-19-7-6-16(21-18)17(25)23-10-8-22(12-24)9-11-23/h3-7,12H,8-11H2,1-2H3,(H,19,20,21). The number of piperazine rings is 1. The molecule has 1 fully saturated rings. The molecule has 2 aromatic rings. The molecule has 0 saturated carbocycles. The van der Waals surface area contributed by atoms with Crippen molar-refractivity contribution in [3.8, 4) is 0 Å². The Morgan fingerprint density at radius 3 is 2.64 bits per heavy atom. The molecule has 0 bridgehead atoms. The van der Waals surface area contributed by atoms with Crippen LogP contribution in [0.4, 0.5) is 11.6 Å². The highest BCUT2D eigenvalue weighted by molar-refractivity contribution is 5.92. The van der Waals surface area contributed by atoms with Gasteiger partial charge in [-0.05, 0) is 37.1 Å². The molecule has 7 nitrogen and oxygen atoms in total. The van der Waals surface area contributed by atoms with Crippen molar-refractivity contribution < 1.29 is 9.59 Å². The number of carbonyl (C=O) groups is 2. The van der Waals surface area contributed by atoms with Gasteiger partial charge in [-0.25, -0.2) is 9.97 Å². The molecule has 0 spiro atoms. The van der Waals surface area contributed by atoms with Crippen molar-refractivity contribution in [2.24, 2.45) is 0 Å². The molecule has 1 aromatic carbocycles. The Morgan fingerprint density at radius 2 is 1.92 bits per heavy atom. The number of hydrogen-bond donors (Lipinski definition) is 1. The first-order valence-corrected chi connectivity index (χ1v) is 8.23. The first-order chi connectivity index (χ1) is 12.1. The molecule has 2 heterocycles. The number of nitrogens with one attached hydrogen (secondary N) is 1. The molecule has 0 aliphatic carbocycles. The van der Waals surface area contributed by atoms with Crippen LogP contribution in [0.15, 0.2) is 30.5 Å². The van der Waals surface area contributed by atoms with E-state index < -0.39 is 0 Å². The van der Waals surface area contributed by atoms with Crippen molar-refractivity contribution >= 4 is 24.0 Å². The summed E-state index contributed by atoms with van der Waals surface area (Å²) in [4.78, 5) is 35.3. The smallest absolute Gasteiger partial charge is 0.272 e. The third-order valence-corrected chi connectivity index (χ3v) is 4.48. The first kappa shape index (κ1) is 16.9. The Balaban J connectivity index is 1.74. The number of carbonyl (C=O) groups excluding carboxylic acids is 2. The number of amides is 2. The molecule has 0 radical (unpaired) electrons. The average molecular weight is 339 g/mol. The zero-order valence-electron chi connectivity index (χ0n) is 14.4. The van der Waals surface area contributed by atoms with Gasteiger partial charge in [0.1, 0.15) is 5.69 Å². The second kappa shape index (κ2) is 7.29. The minimum atomic E-state index is -0.142. The van der Waals surface area contributed by atoms with Crippen LogP contribution in [0.2, 0.25) is 0 Å². The first-order valence-electron chi connectivity index (χ1n) is 8.23. The van der Waals surface area contributed by atoms with Crippen LogP contribution in [0.3, 0.4) is 0 Å². The summed E-state index contributed by atoms with van der Waals surface area (Å²) in [5, 5.41) is 3.18. The topological polar surface area (TPSA) is 78.4 Å². The van der Waals surface area contributed by atoms with Crippen molar-refractivity contribution in [3.63, 3.8) is 0 Å². The molecule has 0 atom stereocenters. The zero-order chi connectivity index (χ0) is 17.8. The van der Waals surface area contributed by atoms with Gasteiger partial charge >= 0.3 is 0 Å². The Kier molecular flexibility index (Phi) is 4.92. The van der Waals surface area contributed by atoms with Crippen molar-refractivity contribution in [3.05, 3.63) is 47.3 Å². The third kappa shape index (κ3) is 3.76. The molecule has 0 unspecified atom stereocenters. The van der Waals surface area contributed by atoms with Crippen LogP contribution in [0.1, 0.15) is 21.6 Å². The fourth-order valence-electron chi connectivity index (χ4n) is 2.74. The highest BCUT2D eigenvalue weighted by Crippen LogP contribution is 2.21. The predicted molar refractivity (Wildman–Crippen MR) is 94.8 cm³/mol. The van der Waals surface area contributed by atoms with Gasteiger partial charge in [0.15, 0.2) is 0 Å². The van der Waals surface area contributed by atoms with Crippen molar-refractivity contribution in [2.45, 2.75) is 13.8 Å². The van der Waals surface area contributed by atoms with Gasteiger partial charge in [-0.2, -0.15) is 0 Å². The van der Waals surface area contributed by atoms with E-state index in [0.717, 1.165) is 17.7 Å². The van der Waals surface area contributed by atoms with Gasteiger partial charge in [-0.3, -0.25) is 9.59 Å². The lowest BCUT2D eigenvalue weighted by Gasteiger charge is -2.32. The third-order valence-electron chi connectivity index (χ3n) is 4.48. The molecule has 25 heavy (non-hydrogen) atoms. The summed E-state index contributed by atoms with van der Waals surface area (Å²) >= 11 is 0. The van der Waals surface area contributed by atoms with E-state index in [-0.39, 0.29) is 5.91 Å². The van der Waals surface area contributed by atoms with E-state index in [1.807, 2.05) is 32.0 Å². The normalized spacial score (nSPS) is 14.3. The number of benzene rings is 1. The minimum absolute atomic E-state index is 0.142. The van der Waals surface area contributed by atoms with Gasteiger partial charge in [0.25, 0.3) is 5.91 Å². The summed E-state index contributed by atoms with van der Waals surface area (Å²) in [5.41, 5.74) is 3.56. The number of anilines is 2. The van der Waals surface area contributed by atoms with Gasteiger partial charge in [0, 0.05) is 38.1 Å². The summed E-state index contributed by atoms with van der Waals surface area (Å²) in [6, 6.07) is 7.58. The maximum atomic E-state index is 12.6. The molecule has 130 valence electrons. The minimum Gasteiger partial charge on any atom is -0.342 e. The van der Waals surface area contributed by atoms with E-state index in [2.05, 4.69) is 15.3 Å². The van der Waals surface area contributed by atoms with E-state index in [1.54, 1.807) is 22.1 Å². The van der Waals surface area contributed by atoms with Gasteiger partial charge in [-0.1, -0.05) is 12.1 Å². The Hall–Kier alpha value is -2.96. The number of aryl methyl sites for hydroxylation is 1. The van der Waals surface area contributed by atoms with Gasteiger partial charge < -0.3 is 15.1 Å².